The van der Waals surface area contributed by atoms with Crippen LogP contribution < -0.4 is 0 Å². The van der Waals surface area contributed by atoms with Gasteiger partial charge in [0.25, 0.3) is 0 Å². The molecule has 0 spiro atoms. The molecule has 0 radical (unpaired) electrons. The summed E-state index contributed by atoms with van der Waals surface area (Å²) in [5.41, 5.74) is 8.16. The minimum absolute atomic E-state index is 0.882. The Kier molecular flexibility index (Phi) is 3.75. The molecule has 0 N–H and O–H groups in total. The minimum Gasteiger partial charge on any atom is -0.307 e. The molecule has 0 atom stereocenters. The van der Waals surface area contributed by atoms with Gasteiger partial charge in [-0.1, -0.05) is 59.9 Å². The van der Waals surface area contributed by atoms with Gasteiger partial charge in [-0.3, -0.25) is 14.5 Å². The Labute approximate surface area is 203 Å². The Balaban J connectivity index is 1.65. The first-order valence-corrected chi connectivity index (χ1v) is 12.3. The second kappa shape index (κ2) is 6.98. The lowest BCUT2D eigenvalue weighted by atomic mass is 10.2. The maximum atomic E-state index is 5.04. The van der Waals surface area contributed by atoms with E-state index < -0.39 is 0 Å². The summed E-state index contributed by atoms with van der Waals surface area (Å²) >= 11 is 1.69. The fraction of sp³-hybridized carbons (Fsp3) is 0. The lowest BCUT2D eigenvalue weighted by Crippen LogP contribution is -1.98. The van der Waals surface area contributed by atoms with E-state index in [2.05, 4.69) is 88.0 Å². The Morgan fingerprint density at radius 3 is 2.31 bits per heavy atom. The molecule has 3 aromatic carbocycles. The number of nitrogens with zero attached hydrogens (tertiary/aromatic N) is 5. The van der Waals surface area contributed by atoms with Crippen LogP contribution in [-0.4, -0.2) is 24.1 Å². The zero-order valence-electron chi connectivity index (χ0n) is 18.5. The molecule has 35 heavy (non-hydrogen) atoms. The van der Waals surface area contributed by atoms with Crippen molar-refractivity contribution in [1.29, 1.82) is 0 Å². The highest BCUT2D eigenvalue weighted by atomic mass is 32.1. The van der Waals surface area contributed by atoms with Crippen molar-refractivity contribution in [1.82, 2.24) is 24.1 Å². The highest BCUT2D eigenvalue weighted by Gasteiger charge is 2.23. The van der Waals surface area contributed by atoms with E-state index in [1.165, 1.54) is 5.39 Å². The number of hydrogen-bond acceptors (Lipinski definition) is 4. The van der Waals surface area contributed by atoms with E-state index in [0.29, 0.717) is 0 Å². The molecule has 0 bridgehead atoms. The summed E-state index contributed by atoms with van der Waals surface area (Å²) in [6.07, 6.45) is 3.83. The summed E-state index contributed by atoms with van der Waals surface area (Å²) < 4.78 is 5.75. The molecule has 0 unspecified atom stereocenters. The van der Waals surface area contributed by atoms with Gasteiger partial charge in [0.2, 0.25) is 0 Å². The predicted molar refractivity (Wildman–Crippen MR) is 144 cm³/mol. The molecular weight excluding hydrogens is 450 g/mol. The van der Waals surface area contributed by atoms with E-state index in [1.807, 2.05) is 24.5 Å². The smallest absolute Gasteiger partial charge is 0.195 e. The Morgan fingerprint density at radius 2 is 1.40 bits per heavy atom. The van der Waals surface area contributed by atoms with E-state index >= 15 is 0 Å². The minimum atomic E-state index is 0.882. The van der Waals surface area contributed by atoms with Crippen molar-refractivity contribution in [2.75, 3.05) is 0 Å². The van der Waals surface area contributed by atoms with Gasteiger partial charge >= 0.3 is 0 Å². The normalized spacial score (nSPS) is 12.0. The highest BCUT2D eigenvalue weighted by Crippen LogP contribution is 2.40. The molecule has 6 heteroatoms. The number of hydrogen-bond donors (Lipinski definition) is 0. The molecule has 164 valence electrons. The summed E-state index contributed by atoms with van der Waals surface area (Å²) in [6, 6.07) is 31.4. The molecule has 0 aliphatic carbocycles. The van der Waals surface area contributed by atoms with E-state index in [0.717, 1.165) is 59.5 Å². The van der Waals surface area contributed by atoms with Crippen LogP contribution in [0, 0.1) is 0 Å². The van der Waals surface area contributed by atoms with Gasteiger partial charge in [-0.05, 0) is 42.5 Å². The SMILES string of the molecule is c1ccc(-n2c3ccccc3c3cnc4c5ncccc5n(-c5nc6ccccc6s5)c4c32)cc1. The van der Waals surface area contributed by atoms with Crippen LogP contribution in [-0.2, 0) is 0 Å². The zero-order chi connectivity index (χ0) is 22.9. The monoisotopic (exact) mass is 467 g/mol. The van der Waals surface area contributed by atoms with Gasteiger partial charge in [-0.25, -0.2) is 4.98 Å². The summed E-state index contributed by atoms with van der Waals surface area (Å²) in [4.78, 5) is 14.8. The highest BCUT2D eigenvalue weighted by molar-refractivity contribution is 7.20. The van der Waals surface area contributed by atoms with Crippen LogP contribution in [0.2, 0.25) is 0 Å². The van der Waals surface area contributed by atoms with Crippen LogP contribution in [0.5, 0.6) is 0 Å². The topological polar surface area (TPSA) is 48.5 Å². The van der Waals surface area contributed by atoms with Crippen molar-refractivity contribution in [2.24, 2.45) is 0 Å². The molecular formula is C29H17N5S. The molecule has 5 heterocycles. The summed E-state index contributed by atoms with van der Waals surface area (Å²) in [5.74, 6) is 0. The average molecular weight is 468 g/mol. The van der Waals surface area contributed by atoms with Crippen molar-refractivity contribution < 1.29 is 0 Å². The third-order valence-electron chi connectivity index (χ3n) is 6.65. The molecule has 0 fully saturated rings. The number of para-hydroxylation sites is 3. The quantitative estimate of drug-likeness (QED) is 0.268. The predicted octanol–water partition coefficient (Wildman–Crippen LogP) is 7.28. The van der Waals surface area contributed by atoms with Gasteiger partial charge in [-0.15, -0.1) is 0 Å². The maximum Gasteiger partial charge on any atom is 0.195 e. The van der Waals surface area contributed by atoms with Gasteiger partial charge < -0.3 is 4.57 Å². The summed E-state index contributed by atoms with van der Waals surface area (Å²) in [7, 11) is 0. The fourth-order valence-corrected chi connectivity index (χ4v) is 6.18. The van der Waals surface area contributed by atoms with Gasteiger partial charge in [0.1, 0.15) is 16.6 Å². The number of benzene rings is 3. The van der Waals surface area contributed by atoms with E-state index in [9.17, 15) is 0 Å². The molecule has 5 nitrogen and oxygen atoms in total. The standard InChI is InChI=1S/C29H17N5S/c1-2-9-18(10-3-1)33-22-13-6-4-11-19(22)20-17-31-26-25-23(14-8-16-30-25)34(28(26)27(20)33)29-32-21-12-5-7-15-24(21)35-29/h1-17H. The van der Waals surface area contributed by atoms with Crippen LogP contribution in [0.4, 0.5) is 0 Å². The lowest BCUT2D eigenvalue weighted by molar-refractivity contribution is 1.13. The number of fused-ring (bicyclic) bond motifs is 8. The van der Waals surface area contributed by atoms with Crippen LogP contribution in [0.3, 0.4) is 0 Å². The molecule has 8 aromatic rings. The molecule has 0 aliphatic rings. The van der Waals surface area contributed by atoms with Gasteiger partial charge in [0.05, 0.1) is 26.8 Å². The zero-order valence-corrected chi connectivity index (χ0v) is 19.3. The molecule has 0 saturated carbocycles. The Bertz CT molecular complexity index is 2030. The molecule has 0 saturated heterocycles. The molecule has 5 aromatic heterocycles. The molecule has 0 amide bonds. The van der Waals surface area contributed by atoms with Crippen molar-refractivity contribution in [3.05, 3.63) is 103 Å². The van der Waals surface area contributed by atoms with Crippen molar-refractivity contribution in [3.8, 4) is 10.8 Å². The molecule has 8 rings (SSSR count). The van der Waals surface area contributed by atoms with Gasteiger partial charge in [0, 0.05) is 28.9 Å². The van der Waals surface area contributed by atoms with Crippen molar-refractivity contribution in [3.63, 3.8) is 0 Å². The van der Waals surface area contributed by atoms with Crippen LogP contribution in [0.1, 0.15) is 0 Å². The van der Waals surface area contributed by atoms with Gasteiger partial charge in [-0.2, -0.15) is 0 Å². The average Bonchev–Trinajstić information content (AvgIpc) is 3.58. The third kappa shape index (κ3) is 2.54. The van der Waals surface area contributed by atoms with E-state index in [4.69, 9.17) is 15.0 Å². The molecule has 0 aliphatic heterocycles. The Morgan fingerprint density at radius 1 is 0.600 bits per heavy atom. The van der Waals surface area contributed by atoms with E-state index in [-0.39, 0.29) is 0 Å². The Hall–Kier alpha value is -4.55. The maximum absolute atomic E-state index is 5.04. The van der Waals surface area contributed by atoms with Crippen molar-refractivity contribution >= 4 is 65.4 Å². The van der Waals surface area contributed by atoms with Crippen molar-refractivity contribution in [2.45, 2.75) is 0 Å². The van der Waals surface area contributed by atoms with E-state index in [1.54, 1.807) is 11.3 Å². The summed E-state index contributed by atoms with van der Waals surface area (Å²) in [6.45, 7) is 0. The van der Waals surface area contributed by atoms with Gasteiger partial charge in [0.15, 0.2) is 5.13 Å². The second-order valence-corrected chi connectivity index (χ2v) is 9.59. The third-order valence-corrected chi connectivity index (χ3v) is 7.67. The largest absolute Gasteiger partial charge is 0.307 e. The first kappa shape index (κ1) is 18.8. The van der Waals surface area contributed by atoms with Crippen LogP contribution in [0.15, 0.2) is 103 Å². The fourth-order valence-electron chi connectivity index (χ4n) is 5.20. The second-order valence-electron chi connectivity index (χ2n) is 8.58. The number of aromatic nitrogens is 5. The number of pyridine rings is 2. The van der Waals surface area contributed by atoms with Crippen LogP contribution >= 0.6 is 11.3 Å². The number of thiazole rings is 1. The first-order chi connectivity index (χ1) is 17.4. The van der Waals surface area contributed by atoms with Crippen LogP contribution in [0.25, 0.3) is 64.9 Å². The number of rotatable bonds is 2. The first-order valence-electron chi connectivity index (χ1n) is 11.5. The summed E-state index contributed by atoms with van der Waals surface area (Å²) in [5, 5.41) is 3.20. The lowest BCUT2D eigenvalue weighted by Gasteiger charge is -2.10.